The summed E-state index contributed by atoms with van der Waals surface area (Å²) in [6.45, 7) is 1.92. The summed E-state index contributed by atoms with van der Waals surface area (Å²) in [4.78, 5) is 34.9. The molecule has 0 saturated carbocycles. The van der Waals surface area contributed by atoms with Crippen LogP contribution in [0.4, 0.5) is 10.1 Å². The lowest BCUT2D eigenvalue weighted by Gasteiger charge is -2.15. The third-order valence-electron chi connectivity index (χ3n) is 4.04. The zero-order valence-corrected chi connectivity index (χ0v) is 14.9. The van der Waals surface area contributed by atoms with Crippen LogP contribution in [0.15, 0.2) is 48.5 Å². The first-order valence-electron chi connectivity index (χ1n) is 8.57. The maximum absolute atomic E-state index is 13.1. The average molecular weight is 372 g/mol. The van der Waals surface area contributed by atoms with Gasteiger partial charge in [0.05, 0.1) is 12.3 Å². The van der Waals surface area contributed by atoms with E-state index >= 15 is 0 Å². The van der Waals surface area contributed by atoms with Crippen molar-refractivity contribution in [1.82, 2.24) is 5.32 Å². The van der Waals surface area contributed by atoms with Gasteiger partial charge in [0.1, 0.15) is 5.82 Å². The van der Waals surface area contributed by atoms with Crippen molar-refractivity contribution < 1.29 is 23.9 Å². The Balaban J connectivity index is 1.98. The number of aliphatic carboxylic acids is 1. The zero-order chi connectivity index (χ0) is 19.8. The van der Waals surface area contributed by atoms with Crippen LogP contribution in [0.2, 0.25) is 0 Å². The van der Waals surface area contributed by atoms with Crippen LogP contribution in [0.5, 0.6) is 0 Å². The van der Waals surface area contributed by atoms with Gasteiger partial charge in [-0.2, -0.15) is 0 Å². The largest absolute Gasteiger partial charge is 0.481 e. The summed E-state index contributed by atoms with van der Waals surface area (Å²) in [5.41, 5.74) is 1.62. The quantitative estimate of drug-likeness (QED) is 0.663. The zero-order valence-electron chi connectivity index (χ0n) is 14.9. The number of anilines is 1. The van der Waals surface area contributed by atoms with Crippen LogP contribution in [0.3, 0.4) is 0 Å². The average Bonchev–Trinajstić information content (AvgIpc) is 2.64. The topological polar surface area (TPSA) is 95.5 Å². The van der Waals surface area contributed by atoms with E-state index in [0.29, 0.717) is 17.7 Å². The molecule has 0 spiro atoms. The smallest absolute Gasteiger partial charge is 0.305 e. The Morgan fingerprint density at radius 1 is 1.04 bits per heavy atom. The van der Waals surface area contributed by atoms with Gasteiger partial charge in [0.25, 0.3) is 5.91 Å². The summed E-state index contributed by atoms with van der Waals surface area (Å²) in [5.74, 6) is -2.36. The third kappa shape index (κ3) is 5.91. The number of halogens is 1. The van der Waals surface area contributed by atoms with Crippen LogP contribution in [0.1, 0.15) is 41.6 Å². The maximum atomic E-state index is 13.1. The lowest BCUT2D eigenvalue weighted by atomic mass is 9.95. The lowest BCUT2D eigenvalue weighted by Crippen LogP contribution is -2.26. The molecule has 0 saturated heterocycles. The Kier molecular flexibility index (Phi) is 7.05. The van der Waals surface area contributed by atoms with Crippen molar-refractivity contribution in [2.45, 2.75) is 25.7 Å². The van der Waals surface area contributed by atoms with Crippen molar-refractivity contribution in [3.63, 3.8) is 0 Å². The number of amides is 2. The van der Waals surface area contributed by atoms with Gasteiger partial charge in [0.15, 0.2) is 0 Å². The van der Waals surface area contributed by atoms with Crippen LogP contribution in [-0.4, -0.2) is 29.4 Å². The van der Waals surface area contributed by atoms with Crippen LogP contribution in [0.25, 0.3) is 0 Å². The third-order valence-corrected chi connectivity index (χ3v) is 4.04. The highest BCUT2D eigenvalue weighted by Crippen LogP contribution is 2.22. The minimum absolute atomic E-state index is 0.0442. The van der Waals surface area contributed by atoms with Crippen molar-refractivity contribution in [2.75, 3.05) is 11.9 Å². The lowest BCUT2D eigenvalue weighted by molar-refractivity contribution is -0.136. The molecule has 0 fully saturated rings. The molecule has 3 N–H and O–H groups in total. The van der Waals surface area contributed by atoms with Gasteiger partial charge in [-0.3, -0.25) is 14.4 Å². The Hall–Kier alpha value is -3.22. The van der Waals surface area contributed by atoms with Gasteiger partial charge < -0.3 is 15.7 Å². The van der Waals surface area contributed by atoms with E-state index < -0.39 is 11.9 Å². The molecule has 0 bridgehead atoms. The molecule has 0 aliphatic carbocycles. The van der Waals surface area contributed by atoms with Crippen LogP contribution >= 0.6 is 0 Å². The van der Waals surface area contributed by atoms with Gasteiger partial charge in [-0.05, 0) is 48.4 Å². The van der Waals surface area contributed by atoms with Gasteiger partial charge in [-0.1, -0.05) is 19.1 Å². The molecule has 7 heteroatoms. The highest BCUT2D eigenvalue weighted by Gasteiger charge is 2.19. The van der Waals surface area contributed by atoms with E-state index in [1.807, 2.05) is 6.92 Å². The molecule has 2 aromatic rings. The standard InChI is InChI=1S/C20H21FN2O4/c1-2-17(13-3-7-15(21)8-4-13)20(27)23-16-9-5-14(6-10-16)19(26)22-12-11-18(24)25/h3-10,17H,2,11-12H2,1H3,(H,22,26)(H,23,27)(H,24,25). The SMILES string of the molecule is CCC(C(=O)Nc1ccc(C(=O)NCCC(=O)O)cc1)c1ccc(F)cc1. The van der Waals surface area contributed by atoms with Crippen molar-refractivity contribution in [3.05, 3.63) is 65.5 Å². The van der Waals surface area contributed by atoms with E-state index in [1.54, 1.807) is 36.4 Å². The molecule has 142 valence electrons. The van der Waals surface area contributed by atoms with Crippen molar-refractivity contribution in [1.29, 1.82) is 0 Å². The van der Waals surface area contributed by atoms with Crippen LogP contribution in [0, 0.1) is 5.82 Å². The molecule has 0 aromatic heterocycles. The highest BCUT2D eigenvalue weighted by molar-refractivity contribution is 5.97. The molecule has 0 heterocycles. The van der Waals surface area contributed by atoms with E-state index in [9.17, 15) is 18.8 Å². The Morgan fingerprint density at radius 3 is 2.22 bits per heavy atom. The molecular formula is C20H21FN2O4. The van der Waals surface area contributed by atoms with Crippen molar-refractivity contribution in [2.24, 2.45) is 0 Å². The number of nitrogens with one attached hydrogen (secondary N) is 2. The number of hydrogen-bond donors (Lipinski definition) is 3. The molecule has 6 nitrogen and oxygen atoms in total. The Morgan fingerprint density at radius 2 is 1.67 bits per heavy atom. The van der Waals surface area contributed by atoms with Gasteiger partial charge in [0, 0.05) is 17.8 Å². The van der Waals surface area contributed by atoms with Gasteiger partial charge in [0.2, 0.25) is 5.91 Å². The fourth-order valence-corrected chi connectivity index (χ4v) is 2.59. The van der Waals surface area contributed by atoms with E-state index in [0.717, 1.165) is 5.56 Å². The summed E-state index contributed by atoms with van der Waals surface area (Å²) in [7, 11) is 0. The second kappa shape index (κ2) is 9.47. The highest BCUT2D eigenvalue weighted by atomic mass is 19.1. The number of carbonyl (C=O) groups excluding carboxylic acids is 2. The molecular weight excluding hydrogens is 351 g/mol. The van der Waals surface area contributed by atoms with Crippen molar-refractivity contribution >= 4 is 23.5 Å². The Labute approximate surface area is 156 Å². The predicted octanol–water partition coefficient (Wildman–Crippen LogP) is 3.16. The minimum Gasteiger partial charge on any atom is -0.481 e. The maximum Gasteiger partial charge on any atom is 0.305 e. The second-order valence-corrected chi connectivity index (χ2v) is 5.98. The predicted molar refractivity (Wildman–Crippen MR) is 99.1 cm³/mol. The van der Waals surface area contributed by atoms with Gasteiger partial charge in [-0.15, -0.1) is 0 Å². The van der Waals surface area contributed by atoms with Gasteiger partial charge >= 0.3 is 5.97 Å². The number of hydrogen-bond acceptors (Lipinski definition) is 3. The van der Waals surface area contributed by atoms with E-state index in [-0.39, 0.29) is 30.6 Å². The summed E-state index contributed by atoms with van der Waals surface area (Å²) in [6.07, 6.45) is 0.406. The summed E-state index contributed by atoms with van der Waals surface area (Å²) >= 11 is 0. The second-order valence-electron chi connectivity index (χ2n) is 5.98. The summed E-state index contributed by atoms with van der Waals surface area (Å²) < 4.78 is 13.1. The molecule has 27 heavy (non-hydrogen) atoms. The molecule has 0 radical (unpaired) electrons. The first-order valence-corrected chi connectivity index (χ1v) is 8.57. The van der Waals surface area contributed by atoms with E-state index in [1.165, 1.54) is 12.1 Å². The number of carboxylic acid groups (broad SMARTS) is 1. The molecule has 0 aliphatic heterocycles. The number of carboxylic acids is 1. The van der Waals surface area contributed by atoms with E-state index in [2.05, 4.69) is 10.6 Å². The van der Waals surface area contributed by atoms with Crippen molar-refractivity contribution in [3.8, 4) is 0 Å². The molecule has 0 aliphatic rings. The summed E-state index contributed by atoms with van der Waals surface area (Å²) in [6, 6.07) is 12.1. The molecule has 2 amide bonds. The normalized spacial score (nSPS) is 11.5. The number of carbonyl (C=O) groups is 3. The number of benzene rings is 2. The molecule has 1 unspecified atom stereocenters. The van der Waals surface area contributed by atoms with E-state index in [4.69, 9.17) is 5.11 Å². The first-order chi connectivity index (χ1) is 12.9. The number of rotatable bonds is 8. The van der Waals surface area contributed by atoms with Crippen LogP contribution < -0.4 is 10.6 Å². The minimum atomic E-state index is -0.986. The fraction of sp³-hybridized carbons (Fsp3) is 0.250. The molecule has 1 atom stereocenters. The summed E-state index contributed by atoms with van der Waals surface area (Å²) in [5, 5.41) is 13.9. The molecule has 2 aromatic carbocycles. The Bertz CT molecular complexity index is 804. The van der Waals surface area contributed by atoms with Crippen LogP contribution in [-0.2, 0) is 9.59 Å². The monoisotopic (exact) mass is 372 g/mol. The van der Waals surface area contributed by atoms with Gasteiger partial charge in [-0.25, -0.2) is 4.39 Å². The fourth-order valence-electron chi connectivity index (χ4n) is 2.59. The first kappa shape index (κ1) is 20.1. The molecule has 2 rings (SSSR count).